The normalized spacial score (nSPS) is 10.1. The van der Waals surface area contributed by atoms with Crippen molar-refractivity contribution in [1.82, 2.24) is 0 Å². The van der Waals surface area contributed by atoms with Gasteiger partial charge in [0.15, 0.2) is 6.61 Å². The quantitative estimate of drug-likeness (QED) is 0.666. The van der Waals surface area contributed by atoms with Crippen LogP contribution >= 0.6 is 11.6 Å². The van der Waals surface area contributed by atoms with Crippen LogP contribution in [0.15, 0.2) is 78.9 Å². The van der Waals surface area contributed by atoms with Gasteiger partial charge in [0.1, 0.15) is 17.2 Å². The summed E-state index contributed by atoms with van der Waals surface area (Å²) in [5.74, 6) is 1.78. The molecule has 126 valence electrons. The number of benzene rings is 3. The highest BCUT2D eigenvalue weighted by molar-refractivity contribution is 6.30. The number of anilines is 1. The summed E-state index contributed by atoms with van der Waals surface area (Å²) in [5.41, 5.74) is 0.632. The predicted molar refractivity (Wildman–Crippen MR) is 98.5 cm³/mol. The predicted octanol–water partition coefficient (Wildman–Crippen LogP) is 5.15. The Balaban J connectivity index is 1.50. The van der Waals surface area contributed by atoms with E-state index in [1.165, 1.54) is 0 Å². The van der Waals surface area contributed by atoms with Gasteiger partial charge in [-0.05, 0) is 54.6 Å². The maximum Gasteiger partial charge on any atom is 0.262 e. The summed E-state index contributed by atoms with van der Waals surface area (Å²) >= 11 is 5.88. The number of hydrogen-bond acceptors (Lipinski definition) is 3. The van der Waals surface area contributed by atoms with Crippen LogP contribution in [0.25, 0.3) is 0 Å². The zero-order valence-corrected chi connectivity index (χ0v) is 14.1. The fourth-order valence-electron chi connectivity index (χ4n) is 2.14. The minimum Gasteiger partial charge on any atom is -0.484 e. The van der Waals surface area contributed by atoms with E-state index in [0.29, 0.717) is 22.2 Å². The van der Waals surface area contributed by atoms with Gasteiger partial charge >= 0.3 is 0 Å². The maximum absolute atomic E-state index is 11.9. The molecule has 0 aromatic heterocycles. The Morgan fingerprint density at radius 3 is 2.24 bits per heavy atom. The van der Waals surface area contributed by atoms with Crippen molar-refractivity contribution >= 4 is 23.2 Å². The van der Waals surface area contributed by atoms with E-state index < -0.39 is 0 Å². The Labute approximate surface area is 151 Å². The molecule has 0 aliphatic carbocycles. The molecule has 3 aromatic carbocycles. The van der Waals surface area contributed by atoms with E-state index in [1.54, 1.807) is 48.5 Å². The molecule has 0 saturated heterocycles. The Morgan fingerprint density at radius 2 is 1.52 bits per heavy atom. The average molecular weight is 354 g/mol. The monoisotopic (exact) mass is 353 g/mol. The topological polar surface area (TPSA) is 47.6 Å². The fourth-order valence-corrected chi connectivity index (χ4v) is 2.33. The molecule has 0 radical (unpaired) electrons. The largest absolute Gasteiger partial charge is 0.484 e. The molecule has 0 aliphatic rings. The molecule has 4 nitrogen and oxygen atoms in total. The number of hydrogen-bond donors (Lipinski definition) is 1. The van der Waals surface area contributed by atoms with Crippen molar-refractivity contribution in [3.05, 3.63) is 83.9 Å². The van der Waals surface area contributed by atoms with Crippen LogP contribution in [0, 0.1) is 0 Å². The van der Waals surface area contributed by atoms with Gasteiger partial charge in [-0.15, -0.1) is 0 Å². The van der Waals surface area contributed by atoms with E-state index in [1.807, 2.05) is 30.3 Å². The van der Waals surface area contributed by atoms with Crippen molar-refractivity contribution in [2.45, 2.75) is 0 Å². The smallest absolute Gasteiger partial charge is 0.262 e. The molecule has 1 N–H and O–H groups in total. The van der Waals surface area contributed by atoms with Crippen molar-refractivity contribution in [3.63, 3.8) is 0 Å². The Kier molecular flexibility index (Phi) is 5.54. The van der Waals surface area contributed by atoms with Crippen molar-refractivity contribution in [2.75, 3.05) is 11.9 Å². The van der Waals surface area contributed by atoms with Gasteiger partial charge in [-0.2, -0.15) is 0 Å². The number of nitrogens with one attached hydrogen (secondary N) is 1. The van der Waals surface area contributed by atoms with Crippen LogP contribution < -0.4 is 14.8 Å². The van der Waals surface area contributed by atoms with Gasteiger partial charge < -0.3 is 14.8 Å². The lowest BCUT2D eigenvalue weighted by Crippen LogP contribution is -2.20. The molecule has 0 fully saturated rings. The third-order valence-electron chi connectivity index (χ3n) is 3.28. The minimum absolute atomic E-state index is 0.0919. The first-order valence-electron chi connectivity index (χ1n) is 7.70. The zero-order chi connectivity index (χ0) is 17.5. The highest BCUT2D eigenvalue weighted by Crippen LogP contribution is 2.23. The average Bonchev–Trinajstić information content (AvgIpc) is 2.62. The molecule has 0 aliphatic heterocycles. The summed E-state index contributed by atoms with van der Waals surface area (Å²) in [6.07, 6.45) is 0. The van der Waals surface area contributed by atoms with E-state index in [0.717, 1.165) is 5.75 Å². The van der Waals surface area contributed by atoms with Gasteiger partial charge in [0, 0.05) is 10.7 Å². The van der Waals surface area contributed by atoms with Crippen molar-refractivity contribution in [2.24, 2.45) is 0 Å². The molecule has 0 spiro atoms. The number of halogens is 1. The summed E-state index contributed by atoms with van der Waals surface area (Å²) in [7, 11) is 0. The third-order valence-corrected chi connectivity index (χ3v) is 3.52. The number of para-hydroxylation sites is 1. The zero-order valence-electron chi connectivity index (χ0n) is 13.3. The van der Waals surface area contributed by atoms with Crippen LogP contribution in [0.4, 0.5) is 5.69 Å². The lowest BCUT2D eigenvalue weighted by molar-refractivity contribution is -0.118. The molecular formula is C20H16ClNO3. The number of rotatable bonds is 6. The standard InChI is InChI=1S/C20H16ClNO3/c21-15-5-4-6-16(13-15)22-20(23)14-24-17-9-11-19(12-10-17)25-18-7-2-1-3-8-18/h1-13H,14H2,(H,22,23). The molecule has 0 atom stereocenters. The molecule has 0 saturated carbocycles. The van der Waals surface area contributed by atoms with Gasteiger partial charge in [0.05, 0.1) is 0 Å². The van der Waals surface area contributed by atoms with E-state index in [4.69, 9.17) is 21.1 Å². The summed E-state index contributed by atoms with van der Waals surface area (Å²) in [4.78, 5) is 11.9. The molecular weight excluding hydrogens is 338 g/mol. The van der Waals surface area contributed by atoms with Crippen LogP contribution in [-0.4, -0.2) is 12.5 Å². The van der Waals surface area contributed by atoms with E-state index >= 15 is 0 Å². The maximum atomic E-state index is 11.9. The molecule has 0 unspecified atom stereocenters. The lowest BCUT2D eigenvalue weighted by atomic mass is 10.3. The molecule has 0 bridgehead atoms. The molecule has 0 heterocycles. The second kappa shape index (κ2) is 8.22. The Bertz CT molecular complexity index is 835. The molecule has 25 heavy (non-hydrogen) atoms. The van der Waals surface area contributed by atoms with Gasteiger partial charge in [-0.1, -0.05) is 35.9 Å². The minimum atomic E-state index is -0.258. The fraction of sp³-hybridized carbons (Fsp3) is 0.0500. The van der Waals surface area contributed by atoms with Crippen LogP contribution in [0.3, 0.4) is 0 Å². The van der Waals surface area contributed by atoms with E-state index in [-0.39, 0.29) is 12.5 Å². The number of amides is 1. The van der Waals surface area contributed by atoms with Crippen molar-refractivity contribution in [1.29, 1.82) is 0 Å². The summed E-state index contributed by atoms with van der Waals surface area (Å²) < 4.78 is 11.2. The molecule has 1 amide bonds. The van der Waals surface area contributed by atoms with Crippen LogP contribution in [0.2, 0.25) is 5.02 Å². The number of carbonyl (C=O) groups is 1. The van der Waals surface area contributed by atoms with Crippen molar-refractivity contribution in [3.8, 4) is 17.2 Å². The van der Waals surface area contributed by atoms with Gasteiger partial charge in [0.2, 0.25) is 0 Å². The Hall–Kier alpha value is -2.98. The summed E-state index contributed by atoms with van der Waals surface area (Å²) in [6.45, 7) is -0.0919. The first kappa shape index (κ1) is 16.9. The van der Waals surface area contributed by atoms with Gasteiger partial charge in [-0.25, -0.2) is 0 Å². The number of carbonyl (C=O) groups excluding carboxylic acids is 1. The SMILES string of the molecule is O=C(COc1ccc(Oc2ccccc2)cc1)Nc1cccc(Cl)c1. The second-order valence-electron chi connectivity index (χ2n) is 5.23. The third kappa shape index (κ3) is 5.26. The summed E-state index contributed by atoms with van der Waals surface area (Å²) in [5, 5.41) is 3.29. The van der Waals surface area contributed by atoms with Crippen LogP contribution in [0.1, 0.15) is 0 Å². The first-order valence-corrected chi connectivity index (χ1v) is 8.08. The summed E-state index contributed by atoms with van der Waals surface area (Å²) in [6, 6.07) is 23.5. The van der Waals surface area contributed by atoms with Crippen LogP contribution in [-0.2, 0) is 4.79 Å². The van der Waals surface area contributed by atoms with E-state index in [2.05, 4.69) is 5.32 Å². The molecule has 3 rings (SSSR count). The molecule has 3 aromatic rings. The van der Waals surface area contributed by atoms with E-state index in [9.17, 15) is 4.79 Å². The Morgan fingerprint density at radius 1 is 0.840 bits per heavy atom. The molecule has 5 heteroatoms. The highest BCUT2D eigenvalue weighted by atomic mass is 35.5. The lowest BCUT2D eigenvalue weighted by Gasteiger charge is -2.09. The highest BCUT2D eigenvalue weighted by Gasteiger charge is 2.05. The number of ether oxygens (including phenoxy) is 2. The second-order valence-corrected chi connectivity index (χ2v) is 5.67. The van der Waals surface area contributed by atoms with Crippen molar-refractivity contribution < 1.29 is 14.3 Å². The first-order chi connectivity index (χ1) is 12.2. The van der Waals surface area contributed by atoms with Gasteiger partial charge in [-0.3, -0.25) is 4.79 Å². The van der Waals surface area contributed by atoms with Gasteiger partial charge in [0.25, 0.3) is 5.91 Å². The van der Waals surface area contributed by atoms with Crippen LogP contribution in [0.5, 0.6) is 17.2 Å².